The highest BCUT2D eigenvalue weighted by molar-refractivity contribution is 6.26. The Hall–Kier alpha value is 0.177. The van der Waals surface area contributed by atoms with Crippen LogP contribution < -0.4 is 0 Å². The zero-order valence-corrected chi connectivity index (χ0v) is 8.77. The van der Waals surface area contributed by atoms with Crippen molar-refractivity contribution < 1.29 is 4.43 Å². The van der Waals surface area contributed by atoms with Gasteiger partial charge in [-0.2, -0.15) is 0 Å². The lowest BCUT2D eigenvalue weighted by atomic mass is 10.2. The summed E-state index contributed by atoms with van der Waals surface area (Å²) in [7, 11) is -0.117. The van der Waals surface area contributed by atoms with Gasteiger partial charge in [0, 0.05) is 6.61 Å². The zero-order chi connectivity index (χ0) is 7.66. The third kappa shape index (κ3) is 8.18. The first-order chi connectivity index (χ1) is 4.91. The van der Waals surface area contributed by atoms with Gasteiger partial charge in [0.15, 0.2) is 9.76 Å². The van der Waals surface area contributed by atoms with E-state index in [0.717, 1.165) is 6.61 Å². The van der Waals surface area contributed by atoms with E-state index < -0.39 is 0 Å². The summed E-state index contributed by atoms with van der Waals surface area (Å²) < 4.78 is 5.35. The van der Waals surface area contributed by atoms with Crippen molar-refractivity contribution in [1.29, 1.82) is 0 Å². The van der Waals surface area contributed by atoms with Crippen molar-refractivity contribution in [2.45, 2.75) is 45.6 Å². The quantitative estimate of drug-likeness (QED) is 0.409. The van der Waals surface area contributed by atoms with Crippen LogP contribution >= 0.6 is 0 Å². The molecule has 0 fully saturated rings. The molecule has 0 unspecified atom stereocenters. The molecule has 0 amide bonds. The second-order valence-electron chi connectivity index (χ2n) is 2.61. The van der Waals surface area contributed by atoms with E-state index in [-0.39, 0.29) is 9.76 Å². The first kappa shape index (κ1) is 10.2. The predicted molar refractivity (Wildman–Crippen MR) is 49.1 cm³/mol. The van der Waals surface area contributed by atoms with Gasteiger partial charge in [0.25, 0.3) is 0 Å². The van der Waals surface area contributed by atoms with E-state index in [4.69, 9.17) is 4.43 Å². The van der Waals surface area contributed by atoms with Gasteiger partial charge >= 0.3 is 0 Å². The first-order valence-corrected chi connectivity index (χ1v) is 6.07. The third-order valence-corrected chi connectivity index (χ3v) is 3.08. The molecule has 0 aromatic rings. The van der Waals surface area contributed by atoms with E-state index in [1.807, 2.05) is 0 Å². The third-order valence-electron chi connectivity index (χ3n) is 1.60. The van der Waals surface area contributed by atoms with Crippen molar-refractivity contribution in [1.82, 2.24) is 0 Å². The minimum Gasteiger partial charge on any atom is -0.424 e. The maximum absolute atomic E-state index is 5.35. The van der Waals surface area contributed by atoms with E-state index >= 15 is 0 Å². The van der Waals surface area contributed by atoms with Gasteiger partial charge in [-0.05, 0) is 13.0 Å². The lowest BCUT2D eigenvalue weighted by Gasteiger charge is -1.98. The molecule has 0 aliphatic rings. The summed E-state index contributed by atoms with van der Waals surface area (Å²) in [5.74, 6) is 0. The summed E-state index contributed by atoms with van der Waals surface area (Å²) in [6, 6.07) is 1.38. The van der Waals surface area contributed by atoms with Crippen LogP contribution in [0.15, 0.2) is 0 Å². The van der Waals surface area contributed by atoms with Crippen molar-refractivity contribution in [3.8, 4) is 0 Å². The van der Waals surface area contributed by atoms with Gasteiger partial charge in [0.2, 0.25) is 0 Å². The Bertz CT molecular complexity index is 49.2. The van der Waals surface area contributed by atoms with Crippen LogP contribution in [0.4, 0.5) is 0 Å². The second-order valence-corrected chi connectivity index (χ2v) is 4.13. The van der Waals surface area contributed by atoms with Crippen LogP contribution in [0, 0.1) is 0 Å². The van der Waals surface area contributed by atoms with E-state index in [1.165, 1.54) is 31.7 Å². The molecule has 0 radical (unpaired) electrons. The van der Waals surface area contributed by atoms with Crippen LogP contribution in [0.2, 0.25) is 6.04 Å². The van der Waals surface area contributed by atoms with Crippen LogP contribution in [0.25, 0.3) is 0 Å². The average molecular weight is 160 g/mol. The highest BCUT2D eigenvalue weighted by Gasteiger charge is 1.88. The molecule has 2 heteroatoms. The second kappa shape index (κ2) is 9.18. The highest BCUT2D eigenvalue weighted by Crippen LogP contribution is 2.01. The molecule has 62 valence electrons. The number of unbranched alkanes of at least 4 members (excludes halogenated alkanes) is 3. The van der Waals surface area contributed by atoms with E-state index in [2.05, 4.69) is 13.8 Å². The Morgan fingerprint density at radius 3 is 2.50 bits per heavy atom. The summed E-state index contributed by atoms with van der Waals surface area (Å²) in [6.45, 7) is 5.26. The molecule has 0 aliphatic heterocycles. The first-order valence-electron chi connectivity index (χ1n) is 4.49. The van der Waals surface area contributed by atoms with Gasteiger partial charge in [-0.25, -0.2) is 0 Å². The summed E-state index contributed by atoms with van der Waals surface area (Å²) >= 11 is 0. The Morgan fingerprint density at radius 2 is 1.90 bits per heavy atom. The van der Waals surface area contributed by atoms with Crippen LogP contribution in [-0.2, 0) is 4.43 Å². The number of hydrogen-bond donors (Lipinski definition) is 0. The van der Waals surface area contributed by atoms with Gasteiger partial charge in [0.1, 0.15) is 0 Å². The SMILES string of the molecule is CCCCCC[SiH2]OCC. The topological polar surface area (TPSA) is 9.23 Å². The van der Waals surface area contributed by atoms with Gasteiger partial charge in [-0.1, -0.05) is 32.6 Å². The molecule has 0 heterocycles. The van der Waals surface area contributed by atoms with E-state index in [9.17, 15) is 0 Å². The standard InChI is InChI=1S/C8H20OSi/c1-3-5-6-7-8-10-9-4-2/h3-8,10H2,1-2H3. The largest absolute Gasteiger partial charge is 0.424 e. The molecule has 0 atom stereocenters. The van der Waals surface area contributed by atoms with Gasteiger partial charge in [-0.3, -0.25) is 0 Å². The molecule has 10 heavy (non-hydrogen) atoms. The Kier molecular flexibility index (Phi) is 9.34. The van der Waals surface area contributed by atoms with Gasteiger partial charge < -0.3 is 4.43 Å². The minimum absolute atomic E-state index is 0.117. The average Bonchev–Trinajstić information content (AvgIpc) is 1.97. The summed E-state index contributed by atoms with van der Waals surface area (Å²) in [6.07, 6.45) is 5.56. The molecule has 0 aromatic heterocycles. The van der Waals surface area contributed by atoms with Crippen molar-refractivity contribution in [2.24, 2.45) is 0 Å². The maximum Gasteiger partial charge on any atom is 0.161 e. The minimum atomic E-state index is -0.117. The molecule has 0 N–H and O–H groups in total. The maximum atomic E-state index is 5.35. The van der Waals surface area contributed by atoms with Crippen molar-refractivity contribution >= 4 is 9.76 Å². The summed E-state index contributed by atoms with van der Waals surface area (Å²) in [4.78, 5) is 0. The predicted octanol–water partition coefficient (Wildman–Crippen LogP) is 2.11. The number of hydrogen-bond acceptors (Lipinski definition) is 1. The Morgan fingerprint density at radius 1 is 1.10 bits per heavy atom. The van der Waals surface area contributed by atoms with Crippen molar-refractivity contribution in [2.75, 3.05) is 6.61 Å². The Labute approximate surface area is 67.1 Å². The molecule has 0 bridgehead atoms. The molecule has 0 rings (SSSR count). The smallest absolute Gasteiger partial charge is 0.161 e. The van der Waals surface area contributed by atoms with Crippen LogP contribution in [0.5, 0.6) is 0 Å². The molecular formula is C8H20OSi. The molecule has 0 aliphatic carbocycles. The molecule has 0 spiro atoms. The molecular weight excluding hydrogens is 140 g/mol. The number of rotatable bonds is 7. The molecule has 0 aromatic carbocycles. The highest BCUT2D eigenvalue weighted by atomic mass is 28.2. The van der Waals surface area contributed by atoms with Crippen molar-refractivity contribution in [3.63, 3.8) is 0 Å². The fourth-order valence-corrected chi connectivity index (χ4v) is 2.00. The normalized spacial score (nSPS) is 11.4. The fraction of sp³-hybridized carbons (Fsp3) is 1.00. The lowest BCUT2D eigenvalue weighted by Crippen LogP contribution is -1.96. The van der Waals surface area contributed by atoms with Gasteiger partial charge in [-0.15, -0.1) is 0 Å². The fourth-order valence-electron chi connectivity index (χ4n) is 0.952. The Balaban J connectivity index is 2.65. The summed E-state index contributed by atoms with van der Waals surface area (Å²) in [5.41, 5.74) is 0. The van der Waals surface area contributed by atoms with Gasteiger partial charge in [0.05, 0.1) is 0 Å². The van der Waals surface area contributed by atoms with Crippen LogP contribution in [0.3, 0.4) is 0 Å². The van der Waals surface area contributed by atoms with Crippen LogP contribution in [-0.4, -0.2) is 16.4 Å². The lowest BCUT2D eigenvalue weighted by molar-refractivity contribution is 0.358. The monoisotopic (exact) mass is 160 g/mol. The molecule has 0 saturated carbocycles. The van der Waals surface area contributed by atoms with Crippen molar-refractivity contribution in [3.05, 3.63) is 0 Å². The van der Waals surface area contributed by atoms with E-state index in [0.29, 0.717) is 0 Å². The van der Waals surface area contributed by atoms with Crippen LogP contribution in [0.1, 0.15) is 39.5 Å². The molecule has 1 nitrogen and oxygen atoms in total. The van der Waals surface area contributed by atoms with E-state index in [1.54, 1.807) is 0 Å². The molecule has 0 saturated heterocycles. The summed E-state index contributed by atoms with van der Waals surface area (Å²) in [5, 5.41) is 0. The zero-order valence-electron chi connectivity index (χ0n) is 7.36.